The molecule has 0 saturated carbocycles. The highest BCUT2D eigenvalue weighted by molar-refractivity contribution is 6.05. The standard InChI is InChI=1S/C33H33NO4/c1-3-20-18-26-31(33(37)34(2)32(26)36)27-19-38-29(30(20)27)16-14-22(21-9-5-4-6-10-21)17-23-13-15-28(35)25-12-8-7-11-24(23)25/h4-13,15,17,26-27,29,31,35H,3,14,16,18-19H2,1-2H3/b22-17-/t26-,27+,29-,31-/m1/s1. The summed E-state index contributed by atoms with van der Waals surface area (Å²) >= 11 is 0. The zero-order valence-corrected chi connectivity index (χ0v) is 21.9. The number of hydrogen-bond acceptors (Lipinski definition) is 4. The molecule has 4 atom stereocenters. The Kier molecular flexibility index (Phi) is 6.40. The topological polar surface area (TPSA) is 66.8 Å². The van der Waals surface area contributed by atoms with Crippen molar-refractivity contribution in [2.75, 3.05) is 13.7 Å². The second-order valence-electron chi connectivity index (χ2n) is 10.7. The molecule has 0 spiro atoms. The Labute approximate surface area is 223 Å². The van der Waals surface area contributed by atoms with E-state index in [0.29, 0.717) is 13.0 Å². The molecular formula is C33H33NO4. The summed E-state index contributed by atoms with van der Waals surface area (Å²) in [7, 11) is 1.62. The summed E-state index contributed by atoms with van der Waals surface area (Å²) in [5.74, 6) is -0.323. The highest BCUT2D eigenvalue weighted by atomic mass is 16.5. The molecule has 1 N–H and O–H groups in total. The lowest BCUT2D eigenvalue weighted by Crippen LogP contribution is -2.33. The number of benzene rings is 3. The van der Waals surface area contributed by atoms with Gasteiger partial charge in [-0.05, 0) is 59.4 Å². The third-order valence-electron chi connectivity index (χ3n) is 8.74. The van der Waals surface area contributed by atoms with Crippen molar-refractivity contribution < 1.29 is 19.4 Å². The van der Waals surface area contributed by atoms with Gasteiger partial charge in [0.15, 0.2) is 0 Å². The molecular weight excluding hydrogens is 474 g/mol. The molecule has 6 rings (SSSR count). The van der Waals surface area contributed by atoms with Crippen molar-refractivity contribution in [2.45, 2.75) is 38.7 Å². The highest BCUT2D eigenvalue weighted by Gasteiger charge is 2.55. The van der Waals surface area contributed by atoms with Crippen LogP contribution in [0.3, 0.4) is 0 Å². The largest absolute Gasteiger partial charge is 0.507 e. The minimum absolute atomic E-state index is 0.000275. The van der Waals surface area contributed by atoms with Crippen LogP contribution in [0.25, 0.3) is 22.4 Å². The van der Waals surface area contributed by atoms with Crippen LogP contribution in [0.15, 0.2) is 77.9 Å². The van der Waals surface area contributed by atoms with Gasteiger partial charge in [-0.2, -0.15) is 0 Å². The molecule has 3 aromatic carbocycles. The number of aromatic hydroxyl groups is 1. The Morgan fingerprint density at radius 2 is 1.71 bits per heavy atom. The number of nitrogens with zero attached hydrogens (tertiary/aromatic N) is 1. The van der Waals surface area contributed by atoms with Crippen molar-refractivity contribution in [1.29, 1.82) is 0 Å². The molecule has 0 unspecified atom stereocenters. The van der Waals surface area contributed by atoms with Gasteiger partial charge >= 0.3 is 0 Å². The maximum absolute atomic E-state index is 13.0. The molecule has 2 aliphatic heterocycles. The fourth-order valence-corrected chi connectivity index (χ4v) is 6.83. The Morgan fingerprint density at radius 1 is 0.974 bits per heavy atom. The Hall–Kier alpha value is -3.70. The third-order valence-corrected chi connectivity index (χ3v) is 8.74. The second-order valence-corrected chi connectivity index (χ2v) is 10.7. The molecule has 0 aromatic heterocycles. The van der Waals surface area contributed by atoms with Gasteiger partial charge in [-0.25, -0.2) is 0 Å². The van der Waals surface area contributed by atoms with Gasteiger partial charge in [0, 0.05) is 18.4 Å². The lowest BCUT2D eigenvalue weighted by atomic mass is 9.69. The average Bonchev–Trinajstić information content (AvgIpc) is 3.47. The lowest BCUT2D eigenvalue weighted by molar-refractivity contribution is -0.138. The SMILES string of the molecule is CCC1=C2[C@@H](CC/C(=C/c3ccc(O)c4ccccc34)c3ccccc3)OC[C@@H]2[C@@H]2C(=O)N(C)C(=O)[C@@H]2C1. The predicted octanol–water partition coefficient (Wildman–Crippen LogP) is 6.22. The van der Waals surface area contributed by atoms with Crippen molar-refractivity contribution in [3.8, 4) is 5.75 Å². The molecule has 5 nitrogen and oxygen atoms in total. The molecule has 38 heavy (non-hydrogen) atoms. The van der Waals surface area contributed by atoms with E-state index in [0.717, 1.165) is 41.2 Å². The van der Waals surface area contributed by atoms with Crippen LogP contribution < -0.4 is 0 Å². The fourth-order valence-electron chi connectivity index (χ4n) is 6.83. The van der Waals surface area contributed by atoms with Crippen molar-refractivity contribution in [3.05, 3.63) is 89.0 Å². The summed E-state index contributed by atoms with van der Waals surface area (Å²) < 4.78 is 6.38. The normalized spacial score (nSPS) is 25.3. The van der Waals surface area contributed by atoms with E-state index in [9.17, 15) is 14.7 Å². The van der Waals surface area contributed by atoms with Crippen LogP contribution in [-0.2, 0) is 14.3 Å². The van der Waals surface area contributed by atoms with Gasteiger partial charge in [-0.3, -0.25) is 14.5 Å². The van der Waals surface area contributed by atoms with E-state index in [4.69, 9.17) is 4.74 Å². The third kappa shape index (κ3) is 4.06. The van der Waals surface area contributed by atoms with Crippen LogP contribution in [0.2, 0.25) is 0 Å². The number of carbonyl (C=O) groups excluding carboxylic acids is 2. The summed E-state index contributed by atoms with van der Waals surface area (Å²) in [5, 5.41) is 12.2. The number of amides is 2. The van der Waals surface area contributed by atoms with Gasteiger partial charge in [0.05, 0.1) is 24.5 Å². The number of rotatable bonds is 6. The average molecular weight is 508 g/mol. The van der Waals surface area contributed by atoms with Crippen LogP contribution in [0.1, 0.15) is 43.7 Å². The van der Waals surface area contributed by atoms with E-state index in [1.807, 2.05) is 36.4 Å². The van der Waals surface area contributed by atoms with Crippen LogP contribution in [0, 0.1) is 17.8 Å². The zero-order valence-electron chi connectivity index (χ0n) is 21.9. The van der Waals surface area contributed by atoms with E-state index in [1.54, 1.807) is 13.1 Å². The fraction of sp³-hybridized carbons (Fsp3) is 0.333. The van der Waals surface area contributed by atoms with Crippen molar-refractivity contribution >= 4 is 34.2 Å². The number of carbonyl (C=O) groups is 2. The van der Waals surface area contributed by atoms with Crippen LogP contribution >= 0.6 is 0 Å². The first-order valence-electron chi connectivity index (χ1n) is 13.6. The number of hydrogen-bond donors (Lipinski definition) is 1. The maximum Gasteiger partial charge on any atom is 0.233 e. The Bertz CT molecular complexity index is 1470. The van der Waals surface area contributed by atoms with E-state index >= 15 is 0 Å². The molecule has 2 saturated heterocycles. The van der Waals surface area contributed by atoms with Crippen LogP contribution in [0.4, 0.5) is 0 Å². The molecule has 2 fully saturated rings. The lowest BCUT2D eigenvalue weighted by Gasteiger charge is -2.31. The van der Waals surface area contributed by atoms with Crippen molar-refractivity contribution in [1.82, 2.24) is 4.90 Å². The van der Waals surface area contributed by atoms with Crippen molar-refractivity contribution in [2.24, 2.45) is 17.8 Å². The predicted molar refractivity (Wildman–Crippen MR) is 149 cm³/mol. The number of phenolic OH excluding ortho intramolecular Hbond substituents is 1. The molecule has 5 heteroatoms. The molecule has 3 aliphatic rings. The number of imide groups is 1. The molecule has 2 amide bonds. The highest BCUT2D eigenvalue weighted by Crippen LogP contribution is 2.50. The summed E-state index contributed by atoms with van der Waals surface area (Å²) in [4.78, 5) is 27.1. The van der Waals surface area contributed by atoms with Crippen LogP contribution in [-0.4, -0.2) is 41.6 Å². The second kappa shape index (κ2) is 9.88. The number of ether oxygens (including phenoxy) is 1. The molecule has 2 heterocycles. The van der Waals surface area contributed by atoms with E-state index in [2.05, 4.69) is 37.3 Å². The first-order valence-corrected chi connectivity index (χ1v) is 13.6. The minimum Gasteiger partial charge on any atom is -0.507 e. The summed E-state index contributed by atoms with van der Waals surface area (Å²) in [5.41, 5.74) is 5.99. The zero-order chi connectivity index (χ0) is 26.4. The number of allylic oxidation sites excluding steroid dienone is 2. The Balaban J connectivity index is 1.33. The smallest absolute Gasteiger partial charge is 0.233 e. The summed E-state index contributed by atoms with van der Waals surface area (Å²) in [6.07, 6.45) is 5.33. The monoisotopic (exact) mass is 507 g/mol. The van der Waals surface area contributed by atoms with Gasteiger partial charge in [-0.15, -0.1) is 0 Å². The molecule has 0 radical (unpaired) electrons. The summed E-state index contributed by atoms with van der Waals surface area (Å²) in [6.45, 7) is 2.65. The van der Waals surface area contributed by atoms with E-state index in [1.165, 1.54) is 21.6 Å². The van der Waals surface area contributed by atoms with Gasteiger partial charge in [0.1, 0.15) is 5.75 Å². The van der Waals surface area contributed by atoms with Gasteiger partial charge < -0.3 is 9.84 Å². The van der Waals surface area contributed by atoms with E-state index < -0.39 is 0 Å². The quantitative estimate of drug-likeness (QED) is 0.244. The van der Waals surface area contributed by atoms with Gasteiger partial charge in [-0.1, -0.05) is 79.2 Å². The molecule has 0 bridgehead atoms. The minimum atomic E-state index is -0.282. The van der Waals surface area contributed by atoms with Crippen molar-refractivity contribution in [3.63, 3.8) is 0 Å². The van der Waals surface area contributed by atoms with Gasteiger partial charge in [0.25, 0.3) is 0 Å². The molecule has 194 valence electrons. The molecule has 3 aromatic rings. The number of fused-ring (bicyclic) bond motifs is 4. The maximum atomic E-state index is 13.0. The van der Waals surface area contributed by atoms with E-state index in [-0.39, 0.29) is 41.4 Å². The summed E-state index contributed by atoms with van der Waals surface area (Å²) in [6, 6.07) is 22.0. The van der Waals surface area contributed by atoms with Crippen LogP contribution in [0.5, 0.6) is 5.75 Å². The number of phenols is 1. The Morgan fingerprint density at radius 3 is 2.47 bits per heavy atom. The first-order chi connectivity index (χ1) is 18.5. The number of likely N-dealkylation sites (tertiary alicyclic amines) is 1. The first kappa shape index (κ1) is 24.6. The van der Waals surface area contributed by atoms with Gasteiger partial charge in [0.2, 0.25) is 11.8 Å². The molecule has 1 aliphatic carbocycles.